The summed E-state index contributed by atoms with van der Waals surface area (Å²) < 4.78 is 0. The highest BCUT2D eigenvalue weighted by Gasteiger charge is 2.23. The molecule has 1 aliphatic carbocycles. The molecule has 0 aromatic heterocycles. The lowest BCUT2D eigenvalue weighted by molar-refractivity contribution is 0.726. The van der Waals surface area contributed by atoms with E-state index in [4.69, 9.17) is 11.6 Å². The van der Waals surface area contributed by atoms with E-state index in [2.05, 4.69) is 42.4 Å². The Labute approximate surface area is 109 Å². The molecule has 1 saturated carbocycles. The summed E-state index contributed by atoms with van der Waals surface area (Å²) in [5.41, 5.74) is 2.40. The Kier molecular flexibility index (Phi) is 4.30. The predicted octanol–water partition coefficient (Wildman–Crippen LogP) is 3.30. The molecule has 1 aliphatic rings. The molecule has 0 aliphatic heterocycles. The molecule has 0 heterocycles. The predicted molar refractivity (Wildman–Crippen MR) is 74.8 cm³/mol. The number of rotatable bonds is 6. The summed E-state index contributed by atoms with van der Waals surface area (Å²) in [4.78, 5) is 2.27. The fourth-order valence-electron chi connectivity index (χ4n) is 2.03. The van der Waals surface area contributed by atoms with Crippen LogP contribution < -0.4 is 10.2 Å². The van der Waals surface area contributed by atoms with Crippen molar-refractivity contribution in [2.24, 2.45) is 5.92 Å². The minimum absolute atomic E-state index is 0.864. The molecule has 0 amide bonds. The van der Waals surface area contributed by atoms with E-state index in [1.54, 1.807) is 0 Å². The van der Waals surface area contributed by atoms with E-state index in [0.717, 1.165) is 36.3 Å². The molecule has 17 heavy (non-hydrogen) atoms. The van der Waals surface area contributed by atoms with Crippen LogP contribution in [0.2, 0.25) is 5.02 Å². The Bertz CT molecular complexity index is 374. The second-order valence-electron chi connectivity index (χ2n) is 4.89. The van der Waals surface area contributed by atoms with Crippen molar-refractivity contribution in [1.82, 2.24) is 5.32 Å². The van der Waals surface area contributed by atoms with Gasteiger partial charge in [0.05, 0.1) is 10.7 Å². The van der Waals surface area contributed by atoms with E-state index in [9.17, 15) is 0 Å². The van der Waals surface area contributed by atoms with Gasteiger partial charge >= 0.3 is 0 Å². The maximum atomic E-state index is 6.34. The Morgan fingerprint density at radius 3 is 2.76 bits per heavy atom. The van der Waals surface area contributed by atoms with Crippen molar-refractivity contribution in [1.29, 1.82) is 0 Å². The third-order valence-electron chi connectivity index (χ3n) is 3.23. The van der Waals surface area contributed by atoms with Gasteiger partial charge in [-0.25, -0.2) is 0 Å². The third-order valence-corrected chi connectivity index (χ3v) is 3.53. The molecule has 0 unspecified atom stereocenters. The maximum Gasteiger partial charge on any atom is 0.0642 e. The number of nitrogens with zero attached hydrogens (tertiary/aromatic N) is 1. The SMILES string of the molecule is CCNCc1ccc(N(C)CC2CC2)c(Cl)c1. The zero-order chi connectivity index (χ0) is 12.3. The van der Waals surface area contributed by atoms with Crippen LogP contribution in [0.1, 0.15) is 25.3 Å². The zero-order valence-corrected chi connectivity index (χ0v) is 11.4. The summed E-state index contributed by atoms with van der Waals surface area (Å²) in [6, 6.07) is 6.37. The summed E-state index contributed by atoms with van der Waals surface area (Å²) in [7, 11) is 2.13. The van der Waals surface area contributed by atoms with Crippen LogP contribution in [0.15, 0.2) is 18.2 Å². The van der Waals surface area contributed by atoms with Crippen molar-refractivity contribution in [3.05, 3.63) is 28.8 Å². The Hall–Kier alpha value is -0.730. The number of hydrogen-bond acceptors (Lipinski definition) is 2. The first-order valence-corrected chi connectivity index (χ1v) is 6.78. The average Bonchev–Trinajstić information content (AvgIpc) is 3.10. The second kappa shape index (κ2) is 5.74. The molecule has 1 N–H and O–H groups in total. The molecule has 2 nitrogen and oxygen atoms in total. The second-order valence-corrected chi connectivity index (χ2v) is 5.30. The van der Waals surface area contributed by atoms with Crippen LogP contribution in [-0.2, 0) is 6.54 Å². The maximum absolute atomic E-state index is 6.34. The highest BCUT2D eigenvalue weighted by Crippen LogP contribution is 2.33. The number of nitrogens with one attached hydrogen (secondary N) is 1. The van der Waals surface area contributed by atoms with Gasteiger partial charge in [-0.15, -0.1) is 0 Å². The average molecular weight is 253 g/mol. The first-order valence-electron chi connectivity index (χ1n) is 6.41. The monoisotopic (exact) mass is 252 g/mol. The third kappa shape index (κ3) is 3.62. The topological polar surface area (TPSA) is 15.3 Å². The zero-order valence-electron chi connectivity index (χ0n) is 10.7. The van der Waals surface area contributed by atoms with Gasteiger partial charge in [0.1, 0.15) is 0 Å². The lowest BCUT2D eigenvalue weighted by atomic mass is 10.2. The van der Waals surface area contributed by atoms with Crippen LogP contribution in [0, 0.1) is 5.92 Å². The van der Waals surface area contributed by atoms with Crippen LogP contribution >= 0.6 is 11.6 Å². The van der Waals surface area contributed by atoms with Gasteiger partial charge in [0, 0.05) is 20.1 Å². The van der Waals surface area contributed by atoms with E-state index >= 15 is 0 Å². The summed E-state index contributed by atoms with van der Waals surface area (Å²) in [5, 5.41) is 4.17. The minimum atomic E-state index is 0.864. The van der Waals surface area contributed by atoms with Gasteiger partial charge in [-0.1, -0.05) is 24.6 Å². The Morgan fingerprint density at radius 2 is 2.18 bits per heavy atom. The molecule has 2 rings (SSSR count). The van der Waals surface area contributed by atoms with E-state index < -0.39 is 0 Å². The summed E-state index contributed by atoms with van der Waals surface area (Å²) in [6.07, 6.45) is 2.75. The molecule has 1 aromatic carbocycles. The van der Waals surface area contributed by atoms with Crippen LogP contribution in [-0.4, -0.2) is 20.1 Å². The molecular formula is C14H21ClN2. The molecule has 0 bridgehead atoms. The van der Waals surface area contributed by atoms with Gasteiger partial charge in [0.2, 0.25) is 0 Å². The Morgan fingerprint density at radius 1 is 1.41 bits per heavy atom. The van der Waals surface area contributed by atoms with E-state index in [1.807, 2.05) is 0 Å². The molecule has 94 valence electrons. The van der Waals surface area contributed by atoms with Gasteiger partial charge in [-0.2, -0.15) is 0 Å². The first kappa shape index (κ1) is 12.7. The van der Waals surface area contributed by atoms with Crippen LogP contribution in [0.4, 0.5) is 5.69 Å². The van der Waals surface area contributed by atoms with Crippen molar-refractivity contribution in [3.63, 3.8) is 0 Å². The van der Waals surface area contributed by atoms with Crippen molar-refractivity contribution < 1.29 is 0 Å². The molecule has 1 fully saturated rings. The van der Waals surface area contributed by atoms with Crippen LogP contribution in [0.5, 0.6) is 0 Å². The van der Waals surface area contributed by atoms with E-state index in [-0.39, 0.29) is 0 Å². The fourth-order valence-corrected chi connectivity index (χ4v) is 2.37. The normalized spacial score (nSPS) is 15.0. The van der Waals surface area contributed by atoms with Gasteiger partial charge < -0.3 is 10.2 Å². The fraction of sp³-hybridized carbons (Fsp3) is 0.571. The molecule has 3 heteroatoms. The number of anilines is 1. The largest absolute Gasteiger partial charge is 0.373 e. The number of hydrogen-bond donors (Lipinski definition) is 1. The molecule has 0 atom stereocenters. The minimum Gasteiger partial charge on any atom is -0.373 e. The summed E-state index contributed by atoms with van der Waals surface area (Å²) >= 11 is 6.34. The van der Waals surface area contributed by atoms with E-state index in [0.29, 0.717) is 0 Å². The number of halogens is 1. The highest BCUT2D eigenvalue weighted by molar-refractivity contribution is 6.33. The highest BCUT2D eigenvalue weighted by atomic mass is 35.5. The molecule has 0 radical (unpaired) electrons. The standard InChI is InChI=1S/C14H21ClN2/c1-3-16-9-12-6-7-14(13(15)8-12)17(2)10-11-4-5-11/h6-8,11,16H,3-5,9-10H2,1-2H3. The van der Waals surface area contributed by atoms with Crippen molar-refractivity contribution in [2.75, 3.05) is 25.0 Å². The smallest absolute Gasteiger partial charge is 0.0642 e. The van der Waals surface area contributed by atoms with Crippen molar-refractivity contribution >= 4 is 17.3 Å². The summed E-state index contributed by atoms with van der Waals surface area (Å²) in [6.45, 7) is 5.12. The van der Waals surface area contributed by atoms with E-state index in [1.165, 1.54) is 18.4 Å². The van der Waals surface area contributed by atoms with Crippen LogP contribution in [0.25, 0.3) is 0 Å². The van der Waals surface area contributed by atoms with Crippen LogP contribution in [0.3, 0.4) is 0 Å². The molecule has 1 aromatic rings. The summed E-state index contributed by atoms with van der Waals surface area (Å²) in [5.74, 6) is 0.887. The first-order chi connectivity index (χ1) is 8.20. The van der Waals surface area contributed by atoms with Crippen molar-refractivity contribution in [2.45, 2.75) is 26.3 Å². The quantitative estimate of drug-likeness (QED) is 0.836. The van der Waals surface area contributed by atoms with Gasteiger partial charge in [-0.05, 0) is 43.0 Å². The Balaban J connectivity index is 2.01. The lowest BCUT2D eigenvalue weighted by Gasteiger charge is -2.21. The number of benzene rings is 1. The van der Waals surface area contributed by atoms with Gasteiger partial charge in [0.15, 0.2) is 0 Å². The van der Waals surface area contributed by atoms with Gasteiger partial charge in [-0.3, -0.25) is 0 Å². The van der Waals surface area contributed by atoms with Crippen molar-refractivity contribution in [3.8, 4) is 0 Å². The lowest BCUT2D eigenvalue weighted by Crippen LogP contribution is -2.20. The molecule has 0 saturated heterocycles. The van der Waals surface area contributed by atoms with Gasteiger partial charge in [0.25, 0.3) is 0 Å². The molecule has 0 spiro atoms. The molecular weight excluding hydrogens is 232 g/mol.